The molecular formula is C61H63N3O10. The van der Waals surface area contributed by atoms with Gasteiger partial charge in [0.2, 0.25) is 0 Å². The van der Waals surface area contributed by atoms with Crippen molar-refractivity contribution in [1.29, 1.82) is 0 Å². The van der Waals surface area contributed by atoms with E-state index in [0.717, 1.165) is 38.9 Å². The van der Waals surface area contributed by atoms with Gasteiger partial charge in [0.05, 0.1) is 59.5 Å². The highest BCUT2D eigenvalue weighted by Crippen LogP contribution is 2.37. The Morgan fingerprint density at radius 1 is 0.338 bits per heavy atom. The summed E-state index contributed by atoms with van der Waals surface area (Å²) in [5.74, 6) is 0. The zero-order valence-corrected chi connectivity index (χ0v) is 41.3. The van der Waals surface area contributed by atoms with E-state index in [-0.39, 0.29) is 46.2 Å². The molecule has 0 aromatic heterocycles. The number of rotatable bonds is 26. The molecule has 382 valence electrons. The predicted molar refractivity (Wildman–Crippen MR) is 279 cm³/mol. The molecule has 10 atom stereocenters. The van der Waals surface area contributed by atoms with Crippen molar-refractivity contribution in [2.24, 2.45) is 5.11 Å². The molecule has 7 aromatic rings. The summed E-state index contributed by atoms with van der Waals surface area (Å²) >= 11 is 0. The van der Waals surface area contributed by atoms with Gasteiger partial charge in [-0.2, -0.15) is 0 Å². The highest BCUT2D eigenvalue weighted by Gasteiger charge is 2.54. The van der Waals surface area contributed by atoms with E-state index >= 15 is 0 Å². The first-order valence-electron chi connectivity index (χ1n) is 25.2. The lowest BCUT2D eigenvalue weighted by molar-refractivity contribution is -0.363. The molecule has 0 bridgehead atoms. The highest BCUT2D eigenvalue weighted by atomic mass is 16.8. The van der Waals surface area contributed by atoms with E-state index in [2.05, 4.69) is 10.0 Å². The van der Waals surface area contributed by atoms with Gasteiger partial charge in [-0.3, -0.25) is 0 Å². The summed E-state index contributed by atoms with van der Waals surface area (Å²) < 4.78 is 68.9. The van der Waals surface area contributed by atoms with Crippen LogP contribution < -0.4 is 0 Å². The van der Waals surface area contributed by atoms with Crippen molar-refractivity contribution in [2.75, 3.05) is 13.2 Å². The minimum Gasteiger partial charge on any atom is -0.374 e. The van der Waals surface area contributed by atoms with E-state index in [1.54, 1.807) is 0 Å². The van der Waals surface area contributed by atoms with Gasteiger partial charge in [-0.15, -0.1) is 0 Å². The summed E-state index contributed by atoms with van der Waals surface area (Å²) in [6.45, 7) is 1.79. The summed E-state index contributed by atoms with van der Waals surface area (Å²) in [7, 11) is 0. The van der Waals surface area contributed by atoms with Crippen molar-refractivity contribution >= 4 is 0 Å². The van der Waals surface area contributed by atoms with Crippen LogP contribution >= 0.6 is 0 Å². The molecule has 7 aromatic carbocycles. The first-order chi connectivity index (χ1) is 36.7. The molecule has 2 saturated heterocycles. The van der Waals surface area contributed by atoms with Gasteiger partial charge in [0.15, 0.2) is 12.6 Å². The van der Waals surface area contributed by atoms with Crippen molar-refractivity contribution < 1.29 is 47.4 Å². The Morgan fingerprint density at radius 3 is 1.00 bits per heavy atom. The van der Waals surface area contributed by atoms with E-state index in [0.29, 0.717) is 13.2 Å². The van der Waals surface area contributed by atoms with E-state index < -0.39 is 61.3 Å². The van der Waals surface area contributed by atoms with Crippen molar-refractivity contribution in [3.05, 3.63) is 262 Å². The van der Waals surface area contributed by atoms with Crippen LogP contribution in [-0.2, 0) is 93.6 Å². The molecule has 0 aliphatic carbocycles. The van der Waals surface area contributed by atoms with Crippen LogP contribution in [-0.4, -0.2) is 74.6 Å². The Bertz CT molecular complexity index is 2690. The van der Waals surface area contributed by atoms with Gasteiger partial charge >= 0.3 is 0 Å². The van der Waals surface area contributed by atoms with Gasteiger partial charge in [-0.1, -0.05) is 217 Å². The predicted octanol–water partition coefficient (Wildman–Crippen LogP) is 11.5. The van der Waals surface area contributed by atoms with Crippen molar-refractivity contribution in [3.63, 3.8) is 0 Å². The van der Waals surface area contributed by atoms with Crippen LogP contribution in [0.2, 0.25) is 0 Å². The van der Waals surface area contributed by atoms with Crippen LogP contribution in [0.25, 0.3) is 10.4 Å². The fourth-order valence-electron chi connectivity index (χ4n) is 9.10. The Labute approximate surface area is 433 Å². The third-order valence-electron chi connectivity index (χ3n) is 12.9. The molecule has 0 amide bonds. The SMILES string of the molecule is [N-]=[N+]=N[C@H]1[C@@H](O[C@@H]2[C@@H](OCc3ccccc3)[C@H](OCc3ccccc3)O[C@H](COCc3ccccc3)[C@H]2OCc2ccccc2)O[C@H](COCc2ccccc2)[C@@H](OCc2ccccc2)[C@@H]1OCc1ccccc1. The molecule has 74 heavy (non-hydrogen) atoms. The second-order valence-corrected chi connectivity index (χ2v) is 18.2. The summed E-state index contributed by atoms with van der Waals surface area (Å²) in [4.78, 5) is 3.41. The second-order valence-electron chi connectivity index (χ2n) is 18.2. The molecule has 13 nitrogen and oxygen atoms in total. The van der Waals surface area contributed by atoms with Crippen molar-refractivity contribution in [3.8, 4) is 0 Å². The lowest BCUT2D eigenvalue weighted by Gasteiger charge is -2.49. The van der Waals surface area contributed by atoms with E-state index in [1.807, 2.05) is 212 Å². The molecule has 2 aliphatic heterocycles. The first kappa shape index (κ1) is 52.3. The van der Waals surface area contributed by atoms with E-state index in [9.17, 15) is 5.53 Å². The van der Waals surface area contributed by atoms with Crippen molar-refractivity contribution in [1.82, 2.24) is 0 Å². The van der Waals surface area contributed by atoms with Gasteiger partial charge in [0.25, 0.3) is 0 Å². The van der Waals surface area contributed by atoms with Crippen LogP contribution in [0.1, 0.15) is 38.9 Å². The Hall–Kier alpha value is -6.55. The molecular weight excluding hydrogens is 935 g/mol. The third-order valence-corrected chi connectivity index (χ3v) is 12.9. The maximum absolute atomic E-state index is 10.5. The topological polar surface area (TPSA) is 141 Å². The molecule has 0 radical (unpaired) electrons. The number of benzene rings is 7. The van der Waals surface area contributed by atoms with Crippen LogP contribution in [0, 0.1) is 0 Å². The quantitative estimate of drug-likeness (QED) is 0.0292. The lowest BCUT2D eigenvalue weighted by Crippen LogP contribution is -2.66. The van der Waals surface area contributed by atoms with Crippen LogP contribution in [0.4, 0.5) is 0 Å². The molecule has 0 spiro atoms. The molecule has 9 rings (SSSR count). The monoisotopic (exact) mass is 997 g/mol. The minimum absolute atomic E-state index is 0.0802. The molecule has 13 heteroatoms. The average molecular weight is 998 g/mol. The standard InChI is InChI=1S/C61H63N3O10/c62-64-63-54-57(69-40-49-30-16-5-17-31-49)55(67-38-47-26-12-3-13-27-47)52(43-65-36-45-22-8-1-9-23-45)72-60(54)74-58-56(68-39-48-28-14-4-15-29-48)53(44-66-37-46-24-10-2-11-25-46)73-61(71-42-51-34-20-7-21-35-51)59(58)70-41-50-32-18-6-19-33-50/h1-35,52-61H,36-44H2/t52-,53-,54-,55-,56-,57-,58+,59-,60-,61-/m1/s1. The van der Waals surface area contributed by atoms with Crippen molar-refractivity contribution in [2.45, 2.75) is 108 Å². The largest absolute Gasteiger partial charge is 0.374 e. The lowest BCUT2D eigenvalue weighted by atomic mass is 9.95. The Balaban J connectivity index is 1.11. The smallest absolute Gasteiger partial charge is 0.187 e. The van der Waals surface area contributed by atoms with Crippen LogP contribution in [0.15, 0.2) is 217 Å². The van der Waals surface area contributed by atoms with Gasteiger partial charge in [0.1, 0.15) is 48.8 Å². The minimum atomic E-state index is -1.26. The zero-order valence-electron chi connectivity index (χ0n) is 41.3. The zero-order chi connectivity index (χ0) is 50.4. The third kappa shape index (κ3) is 15.3. The molecule has 2 aliphatic rings. The summed E-state index contributed by atoms with van der Waals surface area (Å²) in [5, 5.41) is 4.44. The fourth-order valence-corrected chi connectivity index (χ4v) is 9.10. The maximum atomic E-state index is 10.5. The second kappa shape index (κ2) is 28.2. The van der Waals surface area contributed by atoms with Gasteiger partial charge in [-0.25, -0.2) is 0 Å². The maximum Gasteiger partial charge on any atom is 0.187 e. The molecule has 0 unspecified atom stereocenters. The highest BCUT2D eigenvalue weighted by molar-refractivity contribution is 5.19. The number of azide groups is 1. The van der Waals surface area contributed by atoms with Gasteiger partial charge in [-0.05, 0) is 44.5 Å². The number of ether oxygens (including phenoxy) is 10. The normalized spacial score (nSPS) is 23.7. The molecule has 0 saturated carbocycles. The Kier molecular flexibility index (Phi) is 19.9. The fraction of sp³-hybridized carbons (Fsp3) is 0.311. The average Bonchev–Trinajstić information content (AvgIpc) is 3.46. The van der Waals surface area contributed by atoms with Gasteiger partial charge < -0.3 is 47.4 Å². The number of hydrogen-bond acceptors (Lipinski definition) is 11. The number of nitrogens with zero attached hydrogens (tertiary/aromatic N) is 3. The van der Waals surface area contributed by atoms with Gasteiger partial charge in [0, 0.05) is 4.91 Å². The van der Waals surface area contributed by atoms with E-state index in [4.69, 9.17) is 47.4 Å². The van der Waals surface area contributed by atoms with Crippen LogP contribution in [0.3, 0.4) is 0 Å². The summed E-state index contributed by atoms with van der Waals surface area (Å²) in [5.41, 5.74) is 17.1. The molecule has 2 fully saturated rings. The molecule has 2 heterocycles. The molecule has 0 N–H and O–H groups in total. The Morgan fingerprint density at radius 2 is 0.635 bits per heavy atom. The summed E-state index contributed by atoms with van der Waals surface area (Å²) in [6.07, 6.45) is -8.31. The van der Waals surface area contributed by atoms with E-state index in [1.165, 1.54) is 0 Å². The summed E-state index contributed by atoms with van der Waals surface area (Å²) in [6, 6.07) is 68.1. The number of hydrogen-bond donors (Lipinski definition) is 0. The van der Waals surface area contributed by atoms with Crippen LogP contribution in [0.5, 0.6) is 0 Å². The first-order valence-corrected chi connectivity index (χ1v) is 25.2.